The first-order valence-corrected chi connectivity index (χ1v) is 5.43. The van der Waals surface area contributed by atoms with Crippen molar-refractivity contribution in [1.29, 1.82) is 0 Å². The lowest BCUT2D eigenvalue weighted by molar-refractivity contribution is -0.148. The Morgan fingerprint density at radius 1 is 1.11 bits per heavy atom. The molecule has 92 valence electrons. The van der Waals surface area contributed by atoms with Gasteiger partial charge in [0.2, 0.25) is 5.78 Å². The summed E-state index contributed by atoms with van der Waals surface area (Å²) in [4.78, 5) is 21.6. The van der Waals surface area contributed by atoms with Crippen LogP contribution in [0.2, 0.25) is 0 Å². The minimum atomic E-state index is -1.40. The van der Waals surface area contributed by atoms with E-state index in [1.54, 1.807) is 13.2 Å². The Kier molecular flexibility index (Phi) is 3.28. The Bertz CT molecular complexity index is 616. The monoisotopic (exact) mass is 244 g/mol. The number of fused-ring (bicyclic) bond motifs is 1. The van der Waals surface area contributed by atoms with Crippen molar-refractivity contribution >= 4 is 22.5 Å². The van der Waals surface area contributed by atoms with Crippen LogP contribution in [0.4, 0.5) is 0 Å². The van der Waals surface area contributed by atoms with Gasteiger partial charge in [0.1, 0.15) is 5.75 Å². The number of aliphatic carboxylic acids is 1. The normalized spacial score (nSPS) is 10.3. The molecule has 0 heterocycles. The third-order valence-electron chi connectivity index (χ3n) is 2.72. The molecule has 0 aliphatic carbocycles. The zero-order valence-corrected chi connectivity index (χ0v) is 9.84. The van der Waals surface area contributed by atoms with Crippen LogP contribution >= 0.6 is 0 Å². The zero-order chi connectivity index (χ0) is 13.1. The summed E-state index contributed by atoms with van der Waals surface area (Å²) < 4.78 is 5.12. The summed E-state index contributed by atoms with van der Waals surface area (Å²) >= 11 is 0. The van der Waals surface area contributed by atoms with Crippen molar-refractivity contribution in [1.82, 2.24) is 0 Å². The number of Topliss-reactive ketones (excluding diaryl/α,β-unsaturated/α-hetero) is 1. The summed E-state index contributed by atoms with van der Waals surface area (Å²) in [5.41, 5.74) is 0.695. The van der Waals surface area contributed by atoms with Gasteiger partial charge in [0.05, 0.1) is 7.11 Å². The molecule has 2 rings (SSSR count). The minimum Gasteiger partial charge on any atom is -0.497 e. The van der Waals surface area contributed by atoms with E-state index >= 15 is 0 Å². The van der Waals surface area contributed by atoms with Crippen molar-refractivity contribution in [2.75, 3.05) is 7.11 Å². The molecular formula is C14H12O4. The maximum Gasteiger partial charge on any atom is 0.372 e. The maximum atomic E-state index is 11.1. The molecule has 2 aromatic carbocycles. The highest BCUT2D eigenvalue weighted by atomic mass is 16.5. The van der Waals surface area contributed by atoms with Gasteiger partial charge in [-0.25, -0.2) is 4.79 Å². The first kappa shape index (κ1) is 12.1. The lowest BCUT2D eigenvalue weighted by atomic mass is 10.0. The van der Waals surface area contributed by atoms with Crippen LogP contribution in [0.3, 0.4) is 0 Å². The molecule has 0 atom stereocenters. The number of ketones is 1. The van der Waals surface area contributed by atoms with E-state index in [4.69, 9.17) is 9.84 Å². The smallest absolute Gasteiger partial charge is 0.372 e. The zero-order valence-electron chi connectivity index (χ0n) is 9.84. The molecule has 0 saturated heterocycles. The number of carboxylic acid groups (broad SMARTS) is 1. The molecule has 18 heavy (non-hydrogen) atoms. The van der Waals surface area contributed by atoms with Gasteiger partial charge in [-0.2, -0.15) is 0 Å². The molecule has 0 aliphatic heterocycles. The molecule has 0 bridgehead atoms. The van der Waals surface area contributed by atoms with Gasteiger partial charge in [-0.15, -0.1) is 0 Å². The van der Waals surface area contributed by atoms with Crippen LogP contribution in [0.1, 0.15) is 5.56 Å². The van der Waals surface area contributed by atoms with Crippen LogP contribution in [0, 0.1) is 0 Å². The van der Waals surface area contributed by atoms with Crippen molar-refractivity contribution in [3.8, 4) is 5.75 Å². The number of benzene rings is 2. The molecule has 0 saturated carbocycles. The molecule has 0 spiro atoms. The fourth-order valence-corrected chi connectivity index (χ4v) is 1.77. The lowest BCUT2D eigenvalue weighted by Gasteiger charge is -2.04. The molecule has 0 amide bonds. The fraction of sp³-hybridized carbons (Fsp3) is 0.143. The van der Waals surface area contributed by atoms with Crippen molar-refractivity contribution in [2.45, 2.75) is 6.42 Å². The van der Waals surface area contributed by atoms with Crippen molar-refractivity contribution in [3.05, 3.63) is 42.0 Å². The van der Waals surface area contributed by atoms with Crippen molar-refractivity contribution < 1.29 is 19.4 Å². The summed E-state index contributed by atoms with van der Waals surface area (Å²) in [6.45, 7) is 0. The van der Waals surface area contributed by atoms with E-state index < -0.39 is 11.8 Å². The summed E-state index contributed by atoms with van der Waals surface area (Å²) in [6, 6.07) is 11.0. The average Bonchev–Trinajstić information content (AvgIpc) is 2.37. The molecule has 0 fully saturated rings. The van der Waals surface area contributed by atoms with E-state index in [1.807, 2.05) is 30.3 Å². The average molecular weight is 244 g/mol. The van der Waals surface area contributed by atoms with Crippen molar-refractivity contribution in [2.24, 2.45) is 0 Å². The van der Waals surface area contributed by atoms with Crippen LogP contribution < -0.4 is 4.74 Å². The minimum absolute atomic E-state index is 0.0860. The topological polar surface area (TPSA) is 63.6 Å². The van der Waals surface area contributed by atoms with Gasteiger partial charge in [0, 0.05) is 6.42 Å². The van der Waals surface area contributed by atoms with Gasteiger partial charge in [0.25, 0.3) is 0 Å². The van der Waals surface area contributed by atoms with E-state index in [9.17, 15) is 9.59 Å². The van der Waals surface area contributed by atoms with Gasteiger partial charge in [-0.05, 0) is 28.5 Å². The number of methoxy groups -OCH3 is 1. The standard InChI is InChI=1S/C14H12O4/c1-18-12-5-4-10-6-9(2-3-11(10)8-12)7-13(15)14(16)17/h2-6,8H,7H2,1H3,(H,16,17). The highest BCUT2D eigenvalue weighted by Gasteiger charge is 2.12. The van der Waals surface area contributed by atoms with Crippen LogP contribution in [-0.2, 0) is 16.0 Å². The van der Waals surface area contributed by atoms with Crippen molar-refractivity contribution in [3.63, 3.8) is 0 Å². The fourth-order valence-electron chi connectivity index (χ4n) is 1.77. The first-order valence-electron chi connectivity index (χ1n) is 5.43. The molecule has 4 nitrogen and oxygen atoms in total. The second-order valence-corrected chi connectivity index (χ2v) is 3.95. The number of hydrogen-bond donors (Lipinski definition) is 1. The third-order valence-corrected chi connectivity index (χ3v) is 2.72. The number of ether oxygens (including phenoxy) is 1. The first-order chi connectivity index (χ1) is 8.60. The van der Waals surface area contributed by atoms with Crippen LogP contribution in [0.25, 0.3) is 10.8 Å². The molecule has 0 aliphatic rings. The highest BCUT2D eigenvalue weighted by molar-refractivity contribution is 6.33. The Labute approximate surface area is 104 Å². The molecular weight excluding hydrogens is 232 g/mol. The molecule has 1 N–H and O–H groups in total. The molecule has 0 aromatic heterocycles. The number of carbonyl (C=O) groups is 2. The summed E-state index contributed by atoms with van der Waals surface area (Å²) in [7, 11) is 1.60. The summed E-state index contributed by atoms with van der Waals surface area (Å²) in [5.74, 6) is -1.44. The van der Waals surface area contributed by atoms with Gasteiger partial charge in [-0.1, -0.05) is 24.3 Å². The van der Waals surface area contributed by atoms with Crippen LogP contribution in [-0.4, -0.2) is 24.0 Å². The highest BCUT2D eigenvalue weighted by Crippen LogP contribution is 2.22. The molecule has 0 radical (unpaired) electrons. The van der Waals surface area contributed by atoms with Gasteiger partial charge in [0.15, 0.2) is 0 Å². The Morgan fingerprint density at radius 2 is 1.78 bits per heavy atom. The van der Waals surface area contributed by atoms with E-state index in [1.165, 1.54) is 0 Å². The van der Waals surface area contributed by atoms with E-state index in [2.05, 4.69) is 0 Å². The van der Waals surface area contributed by atoms with E-state index in [-0.39, 0.29) is 6.42 Å². The maximum absolute atomic E-state index is 11.1. The SMILES string of the molecule is COc1ccc2cc(CC(=O)C(=O)O)ccc2c1. The predicted molar refractivity (Wildman–Crippen MR) is 66.8 cm³/mol. The van der Waals surface area contributed by atoms with E-state index in [0.29, 0.717) is 5.56 Å². The summed E-state index contributed by atoms with van der Waals surface area (Å²) in [5, 5.41) is 10.5. The van der Waals surface area contributed by atoms with Gasteiger partial charge < -0.3 is 9.84 Å². The third kappa shape index (κ3) is 2.48. The molecule has 2 aromatic rings. The number of carboxylic acids is 1. The quantitative estimate of drug-likeness (QED) is 0.836. The largest absolute Gasteiger partial charge is 0.497 e. The Hall–Kier alpha value is -2.36. The second kappa shape index (κ2) is 4.87. The van der Waals surface area contributed by atoms with E-state index in [0.717, 1.165) is 16.5 Å². The second-order valence-electron chi connectivity index (χ2n) is 3.95. The van der Waals surface area contributed by atoms with Crippen LogP contribution in [0.15, 0.2) is 36.4 Å². The molecule has 0 unspecified atom stereocenters. The molecule has 4 heteroatoms. The Morgan fingerprint density at radius 3 is 2.44 bits per heavy atom. The number of carbonyl (C=O) groups excluding carboxylic acids is 1. The number of rotatable bonds is 4. The summed E-state index contributed by atoms with van der Waals surface area (Å²) in [6.07, 6.45) is -0.0860. The van der Waals surface area contributed by atoms with Gasteiger partial charge in [-0.3, -0.25) is 4.79 Å². The Balaban J connectivity index is 2.33. The van der Waals surface area contributed by atoms with Gasteiger partial charge >= 0.3 is 5.97 Å². The predicted octanol–water partition coefficient (Wildman–Crippen LogP) is 2.04. The number of hydrogen-bond acceptors (Lipinski definition) is 3. The lowest BCUT2D eigenvalue weighted by Crippen LogP contribution is -2.14. The van der Waals surface area contributed by atoms with Crippen LogP contribution in [0.5, 0.6) is 5.75 Å².